The van der Waals surface area contributed by atoms with Crippen molar-refractivity contribution in [1.82, 2.24) is 0 Å². The highest BCUT2D eigenvalue weighted by molar-refractivity contribution is 5.98. The molecule has 0 aliphatic heterocycles. The van der Waals surface area contributed by atoms with Crippen LogP contribution in [0.1, 0.15) is 16.7 Å². The molecular weight excluding hydrogens is 276 g/mol. The molecule has 6 heteroatoms. The van der Waals surface area contributed by atoms with Crippen molar-refractivity contribution in [3.8, 4) is 0 Å². The molecule has 0 aliphatic carbocycles. The number of hydrogen-bond acceptors (Lipinski definition) is 3. The minimum atomic E-state index is -0.532. The van der Waals surface area contributed by atoms with Crippen molar-refractivity contribution in [3.63, 3.8) is 0 Å². The van der Waals surface area contributed by atoms with Gasteiger partial charge < -0.3 is 16.3 Å². The van der Waals surface area contributed by atoms with E-state index in [1.807, 2.05) is 0 Å². The molecule has 0 saturated carbocycles. The van der Waals surface area contributed by atoms with Crippen molar-refractivity contribution in [3.05, 3.63) is 64.7 Å². The van der Waals surface area contributed by atoms with E-state index in [1.165, 1.54) is 6.92 Å². The Labute approximate surface area is 120 Å². The Morgan fingerprint density at radius 3 is 2.67 bits per heavy atom. The van der Waals surface area contributed by atoms with Gasteiger partial charge in [0.1, 0.15) is 11.6 Å². The number of aryl methyl sites for hydroxylation is 1. The summed E-state index contributed by atoms with van der Waals surface area (Å²) < 4.78 is 27.2. The van der Waals surface area contributed by atoms with Gasteiger partial charge in [0, 0.05) is 18.2 Å². The molecule has 0 fully saturated rings. The highest BCUT2D eigenvalue weighted by Gasteiger charge is 2.09. The molecule has 0 heterocycles. The molecule has 0 aliphatic rings. The lowest BCUT2D eigenvalue weighted by Crippen LogP contribution is -2.17. The van der Waals surface area contributed by atoms with Crippen LogP contribution in [-0.4, -0.2) is 11.0 Å². The van der Waals surface area contributed by atoms with E-state index < -0.39 is 11.6 Å². The molecule has 2 aromatic carbocycles. The number of benzene rings is 2. The lowest BCUT2D eigenvalue weighted by atomic mass is 10.1. The zero-order valence-electron chi connectivity index (χ0n) is 11.4. The third-order valence-corrected chi connectivity index (χ3v) is 3.12. The summed E-state index contributed by atoms with van der Waals surface area (Å²) in [6.45, 7) is 1.71. The number of nitrogens with two attached hydrogens (primary N) is 1. The van der Waals surface area contributed by atoms with E-state index in [1.54, 1.807) is 24.3 Å². The summed E-state index contributed by atoms with van der Waals surface area (Å²) in [5.74, 6) is -1.05. The summed E-state index contributed by atoms with van der Waals surface area (Å²) in [6, 6.07) is 9.19. The summed E-state index contributed by atoms with van der Waals surface area (Å²) in [6.07, 6.45) is 0. The summed E-state index contributed by atoms with van der Waals surface area (Å²) in [5.41, 5.74) is 7.11. The summed E-state index contributed by atoms with van der Waals surface area (Å²) >= 11 is 0. The van der Waals surface area contributed by atoms with Crippen molar-refractivity contribution < 1.29 is 14.0 Å². The average Bonchev–Trinajstić information content (AvgIpc) is 2.49. The summed E-state index contributed by atoms with van der Waals surface area (Å²) in [5, 5.41) is 14.5. The van der Waals surface area contributed by atoms with E-state index in [-0.39, 0.29) is 23.6 Å². The van der Waals surface area contributed by atoms with Gasteiger partial charge >= 0.3 is 0 Å². The Balaban J connectivity index is 2.23. The Morgan fingerprint density at radius 2 is 1.95 bits per heavy atom. The van der Waals surface area contributed by atoms with Gasteiger partial charge in [-0.05, 0) is 24.1 Å². The fourth-order valence-electron chi connectivity index (χ4n) is 1.95. The number of amidine groups is 1. The van der Waals surface area contributed by atoms with Gasteiger partial charge in [-0.25, -0.2) is 8.78 Å². The van der Waals surface area contributed by atoms with Gasteiger partial charge in [0.05, 0.1) is 5.69 Å². The first kappa shape index (κ1) is 14.8. The van der Waals surface area contributed by atoms with E-state index in [0.29, 0.717) is 11.1 Å². The molecule has 0 bridgehead atoms. The van der Waals surface area contributed by atoms with Crippen LogP contribution >= 0.6 is 0 Å². The van der Waals surface area contributed by atoms with Gasteiger partial charge in [-0.1, -0.05) is 29.4 Å². The summed E-state index contributed by atoms with van der Waals surface area (Å²) in [4.78, 5) is 0. The maximum absolute atomic E-state index is 13.7. The molecule has 2 rings (SSSR count). The van der Waals surface area contributed by atoms with E-state index in [0.717, 1.165) is 12.1 Å². The van der Waals surface area contributed by atoms with Crippen molar-refractivity contribution in [2.45, 2.75) is 13.5 Å². The molecule has 4 nitrogen and oxygen atoms in total. The zero-order chi connectivity index (χ0) is 15.4. The fourth-order valence-corrected chi connectivity index (χ4v) is 1.95. The molecule has 110 valence electrons. The molecule has 0 spiro atoms. The second-order valence-electron chi connectivity index (χ2n) is 4.58. The van der Waals surface area contributed by atoms with Gasteiger partial charge in [0.15, 0.2) is 5.84 Å². The van der Waals surface area contributed by atoms with Gasteiger partial charge in [0.2, 0.25) is 0 Å². The average molecular weight is 291 g/mol. The standard InChI is InChI=1S/C15H15F2N3O/c1-9-6-13(17)14(7-12(9)16)19-8-10-4-2-3-5-11(10)15(18)20-21/h2-7,19,21H,8H2,1H3,(H2,18,20). The maximum Gasteiger partial charge on any atom is 0.170 e. The van der Waals surface area contributed by atoms with Crippen LogP contribution in [-0.2, 0) is 6.54 Å². The van der Waals surface area contributed by atoms with Crippen molar-refractivity contribution in [2.24, 2.45) is 10.9 Å². The smallest absolute Gasteiger partial charge is 0.170 e. The minimum absolute atomic E-state index is 0.0389. The number of oxime groups is 1. The van der Waals surface area contributed by atoms with Crippen LogP contribution in [0.4, 0.5) is 14.5 Å². The van der Waals surface area contributed by atoms with Gasteiger partial charge in [-0.2, -0.15) is 0 Å². The van der Waals surface area contributed by atoms with Gasteiger partial charge in [-0.15, -0.1) is 0 Å². The number of nitrogens with zero attached hydrogens (tertiary/aromatic N) is 1. The highest BCUT2D eigenvalue weighted by atomic mass is 19.1. The second-order valence-corrected chi connectivity index (χ2v) is 4.58. The molecular formula is C15H15F2N3O. The fraction of sp³-hybridized carbons (Fsp3) is 0.133. The van der Waals surface area contributed by atoms with Crippen LogP contribution in [0.15, 0.2) is 41.6 Å². The van der Waals surface area contributed by atoms with Gasteiger partial charge in [0.25, 0.3) is 0 Å². The normalized spacial score (nSPS) is 11.5. The quantitative estimate of drug-likeness (QED) is 0.351. The van der Waals surface area contributed by atoms with Crippen molar-refractivity contribution >= 4 is 11.5 Å². The van der Waals surface area contributed by atoms with Crippen LogP contribution < -0.4 is 11.1 Å². The minimum Gasteiger partial charge on any atom is -0.409 e. The third-order valence-electron chi connectivity index (χ3n) is 3.12. The van der Waals surface area contributed by atoms with Crippen LogP contribution in [0, 0.1) is 18.6 Å². The van der Waals surface area contributed by atoms with Crippen LogP contribution in [0.3, 0.4) is 0 Å². The first-order valence-electron chi connectivity index (χ1n) is 6.28. The van der Waals surface area contributed by atoms with E-state index in [9.17, 15) is 8.78 Å². The predicted octanol–water partition coefficient (Wildman–Crippen LogP) is 2.98. The highest BCUT2D eigenvalue weighted by Crippen LogP contribution is 2.20. The van der Waals surface area contributed by atoms with Crippen LogP contribution in [0.5, 0.6) is 0 Å². The molecule has 2 aromatic rings. The monoisotopic (exact) mass is 291 g/mol. The Hall–Kier alpha value is -2.63. The molecule has 0 unspecified atom stereocenters. The molecule has 21 heavy (non-hydrogen) atoms. The van der Waals surface area contributed by atoms with E-state index in [4.69, 9.17) is 10.9 Å². The topological polar surface area (TPSA) is 70.6 Å². The first-order valence-corrected chi connectivity index (χ1v) is 6.28. The SMILES string of the molecule is Cc1cc(F)c(NCc2ccccc2/C(N)=N/O)cc1F. The number of hydrogen-bond donors (Lipinski definition) is 3. The predicted molar refractivity (Wildman–Crippen MR) is 77.4 cm³/mol. The second kappa shape index (κ2) is 6.21. The van der Waals surface area contributed by atoms with Crippen molar-refractivity contribution in [2.75, 3.05) is 5.32 Å². The lowest BCUT2D eigenvalue weighted by Gasteiger charge is -2.12. The maximum atomic E-state index is 13.7. The number of anilines is 1. The van der Waals surface area contributed by atoms with Crippen molar-refractivity contribution in [1.29, 1.82) is 0 Å². The molecule has 0 atom stereocenters. The van der Waals surface area contributed by atoms with Crippen LogP contribution in [0.25, 0.3) is 0 Å². The molecule has 4 N–H and O–H groups in total. The largest absolute Gasteiger partial charge is 0.409 e. The molecule has 0 saturated heterocycles. The van der Waals surface area contributed by atoms with E-state index >= 15 is 0 Å². The third kappa shape index (κ3) is 3.28. The van der Waals surface area contributed by atoms with Gasteiger partial charge in [-0.3, -0.25) is 0 Å². The number of halogens is 2. The van der Waals surface area contributed by atoms with E-state index in [2.05, 4.69) is 10.5 Å². The number of rotatable bonds is 4. The molecule has 0 aromatic heterocycles. The Morgan fingerprint density at radius 1 is 1.24 bits per heavy atom. The summed E-state index contributed by atoms with van der Waals surface area (Å²) in [7, 11) is 0. The lowest BCUT2D eigenvalue weighted by molar-refractivity contribution is 0.318. The zero-order valence-corrected chi connectivity index (χ0v) is 11.4. The number of nitrogens with one attached hydrogen (secondary N) is 1. The molecule has 0 amide bonds. The molecule has 0 radical (unpaired) electrons. The van der Waals surface area contributed by atoms with Crippen LogP contribution in [0.2, 0.25) is 0 Å². The Bertz CT molecular complexity index is 687. The Kier molecular flexibility index (Phi) is 4.37. The first-order chi connectivity index (χ1) is 10.0.